The van der Waals surface area contributed by atoms with Gasteiger partial charge in [0, 0.05) is 32.8 Å². The fraction of sp³-hybridized carbons (Fsp3) is 0.107. The lowest BCUT2D eigenvalue weighted by atomic mass is 10.0. The van der Waals surface area contributed by atoms with E-state index in [4.69, 9.17) is 31.4 Å². The third kappa shape index (κ3) is 4.05. The first-order chi connectivity index (χ1) is 17.2. The molecule has 172 valence electrons. The van der Waals surface area contributed by atoms with E-state index in [1.165, 1.54) is 4.88 Å². The highest BCUT2D eigenvalue weighted by molar-refractivity contribution is 7.10. The minimum Gasteiger partial charge on any atom is -0.496 e. The van der Waals surface area contributed by atoms with Crippen molar-refractivity contribution in [2.24, 2.45) is 5.10 Å². The Labute approximate surface area is 212 Å². The molecular formula is C28H21ClN4OS. The van der Waals surface area contributed by atoms with Gasteiger partial charge in [0.15, 0.2) is 0 Å². The third-order valence-corrected chi connectivity index (χ3v) is 7.31. The predicted molar refractivity (Wildman–Crippen MR) is 144 cm³/mol. The number of hydrogen-bond acceptors (Lipinski definition) is 6. The molecule has 2 aromatic heterocycles. The van der Waals surface area contributed by atoms with Crippen molar-refractivity contribution < 1.29 is 4.74 Å². The summed E-state index contributed by atoms with van der Waals surface area (Å²) >= 11 is 8.07. The Morgan fingerprint density at radius 3 is 2.57 bits per heavy atom. The van der Waals surface area contributed by atoms with Crippen LogP contribution >= 0.6 is 22.9 Å². The fourth-order valence-corrected chi connectivity index (χ4v) is 5.43. The molecule has 0 N–H and O–H groups in total. The van der Waals surface area contributed by atoms with Gasteiger partial charge >= 0.3 is 0 Å². The van der Waals surface area contributed by atoms with E-state index in [1.807, 2.05) is 65.7 Å². The zero-order valence-corrected chi connectivity index (χ0v) is 20.5. The molecule has 1 aliphatic heterocycles. The van der Waals surface area contributed by atoms with Gasteiger partial charge in [0.25, 0.3) is 0 Å². The second-order valence-corrected chi connectivity index (χ2v) is 9.64. The van der Waals surface area contributed by atoms with Gasteiger partial charge in [-0.25, -0.2) is 15.0 Å². The molecule has 1 atom stereocenters. The van der Waals surface area contributed by atoms with Crippen LogP contribution in [0.1, 0.15) is 22.9 Å². The SMILES string of the molecule is COc1ccccc1C1=NN(c2nc(-c3ccccc3)c3cc(Cl)ccc3n2)C(c2cccs2)C1. The van der Waals surface area contributed by atoms with Crippen molar-refractivity contribution in [1.82, 2.24) is 9.97 Å². The molecule has 6 rings (SSSR count). The van der Waals surface area contributed by atoms with Gasteiger partial charge < -0.3 is 4.74 Å². The maximum atomic E-state index is 6.35. The van der Waals surface area contributed by atoms with E-state index in [0.717, 1.165) is 45.6 Å². The molecule has 35 heavy (non-hydrogen) atoms. The number of halogens is 1. The van der Waals surface area contributed by atoms with Crippen LogP contribution in [0.3, 0.4) is 0 Å². The smallest absolute Gasteiger partial charge is 0.247 e. The Balaban J connectivity index is 1.54. The minimum absolute atomic E-state index is 0.0108. The number of ether oxygens (including phenoxy) is 1. The Hall–Kier alpha value is -3.74. The number of hydrogen-bond donors (Lipinski definition) is 0. The van der Waals surface area contributed by atoms with Crippen molar-refractivity contribution in [3.63, 3.8) is 0 Å². The zero-order chi connectivity index (χ0) is 23.8. The van der Waals surface area contributed by atoms with Crippen molar-refractivity contribution in [3.8, 4) is 17.0 Å². The topological polar surface area (TPSA) is 50.6 Å². The summed E-state index contributed by atoms with van der Waals surface area (Å²) in [4.78, 5) is 11.2. The molecule has 7 heteroatoms. The molecule has 0 saturated carbocycles. The first kappa shape index (κ1) is 21.8. The number of methoxy groups -OCH3 is 1. The zero-order valence-electron chi connectivity index (χ0n) is 18.9. The molecule has 0 radical (unpaired) electrons. The molecule has 5 aromatic rings. The molecule has 0 fully saturated rings. The highest BCUT2D eigenvalue weighted by atomic mass is 35.5. The number of nitrogens with zero attached hydrogens (tertiary/aromatic N) is 4. The summed E-state index contributed by atoms with van der Waals surface area (Å²) in [5.74, 6) is 1.36. The van der Waals surface area contributed by atoms with Gasteiger partial charge in [-0.3, -0.25) is 0 Å². The summed E-state index contributed by atoms with van der Waals surface area (Å²) in [6, 6.07) is 28.0. The van der Waals surface area contributed by atoms with Crippen LogP contribution < -0.4 is 9.75 Å². The van der Waals surface area contributed by atoms with Crippen molar-refractivity contribution in [3.05, 3.63) is 106 Å². The van der Waals surface area contributed by atoms with E-state index in [1.54, 1.807) is 18.4 Å². The lowest BCUT2D eigenvalue weighted by Gasteiger charge is -2.21. The molecule has 1 unspecified atom stereocenters. The molecule has 0 bridgehead atoms. The first-order valence-corrected chi connectivity index (χ1v) is 12.5. The lowest BCUT2D eigenvalue weighted by molar-refractivity contribution is 0.414. The van der Waals surface area contributed by atoms with Crippen molar-refractivity contribution in [2.45, 2.75) is 12.5 Å². The fourth-order valence-electron chi connectivity index (χ4n) is 4.45. The monoisotopic (exact) mass is 496 g/mol. The van der Waals surface area contributed by atoms with Crippen molar-refractivity contribution in [1.29, 1.82) is 0 Å². The van der Waals surface area contributed by atoms with Crippen LogP contribution in [-0.4, -0.2) is 22.8 Å². The van der Waals surface area contributed by atoms with Crippen LogP contribution in [0.25, 0.3) is 22.2 Å². The number of anilines is 1. The average Bonchev–Trinajstić information content (AvgIpc) is 3.59. The van der Waals surface area contributed by atoms with E-state index >= 15 is 0 Å². The number of rotatable bonds is 5. The second-order valence-electron chi connectivity index (χ2n) is 8.23. The number of aromatic nitrogens is 2. The van der Waals surface area contributed by atoms with Gasteiger partial charge in [0.05, 0.1) is 30.1 Å². The summed E-state index contributed by atoms with van der Waals surface area (Å²) in [6.07, 6.45) is 0.726. The standard InChI is InChI=1S/C28H21ClN4OS/c1-34-25-11-6-5-10-20(25)23-17-24(26-12-7-15-35-26)33(32-23)28-30-22-14-13-19(29)16-21(22)27(31-28)18-8-3-2-4-9-18/h2-16,24H,17H2,1H3. The van der Waals surface area contributed by atoms with Crippen LogP contribution in [0.15, 0.2) is 95.4 Å². The van der Waals surface area contributed by atoms with Crippen LogP contribution in [0.2, 0.25) is 5.02 Å². The van der Waals surface area contributed by atoms with Crippen LogP contribution in [0.4, 0.5) is 5.95 Å². The molecule has 0 spiro atoms. The lowest BCUT2D eigenvalue weighted by Crippen LogP contribution is -2.20. The van der Waals surface area contributed by atoms with Gasteiger partial charge in [0.1, 0.15) is 5.75 Å². The molecule has 1 aliphatic rings. The van der Waals surface area contributed by atoms with Gasteiger partial charge in [-0.1, -0.05) is 60.1 Å². The number of para-hydroxylation sites is 1. The summed E-state index contributed by atoms with van der Waals surface area (Å²) in [7, 11) is 1.69. The molecular weight excluding hydrogens is 476 g/mol. The molecule has 0 saturated heterocycles. The maximum absolute atomic E-state index is 6.35. The van der Waals surface area contributed by atoms with E-state index < -0.39 is 0 Å². The maximum Gasteiger partial charge on any atom is 0.247 e. The molecule has 3 aromatic carbocycles. The first-order valence-electron chi connectivity index (χ1n) is 11.3. The van der Waals surface area contributed by atoms with Crippen LogP contribution in [0, 0.1) is 0 Å². The summed E-state index contributed by atoms with van der Waals surface area (Å²) in [5.41, 5.74) is 4.59. The molecule has 0 amide bonds. The quantitative estimate of drug-likeness (QED) is 0.255. The number of benzene rings is 3. The van der Waals surface area contributed by atoms with Gasteiger partial charge in [-0.05, 0) is 41.8 Å². The summed E-state index contributed by atoms with van der Waals surface area (Å²) < 4.78 is 5.63. The normalized spacial score (nSPS) is 15.4. The van der Waals surface area contributed by atoms with E-state index in [2.05, 4.69) is 29.6 Å². The third-order valence-electron chi connectivity index (χ3n) is 6.10. The Morgan fingerprint density at radius 2 is 1.77 bits per heavy atom. The van der Waals surface area contributed by atoms with Crippen LogP contribution in [-0.2, 0) is 0 Å². The van der Waals surface area contributed by atoms with Gasteiger partial charge in [-0.2, -0.15) is 5.10 Å². The van der Waals surface area contributed by atoms with Crippen molar-refractivity contribution in [2.75, 3.05) is 12.1 Å². The summed E-state index contributed by atoms with van der Waals surface area (Å²) in [6.45, 7) is 0. The van der Waals surface area contributed by atoms with Gasteiger partial charge in [0.2, 0.25) is 5.95 Å². The largest absolute Gasteiger partial charge is 0.496 e. The highest BCUT2D eigenvalue weighted by Gasteiger charge is 2.33. The Bertz CT molecular complexity index is 1540. The van der Waals surface area contributed by atoms with E-state index in [9.17, 15) is 0 Å². The number of fused-ring (bicyclic) bond motifs is 1. The van der Waals surface area contributed by atoms with E-state index in [0.29, 0.717) is 11.0 Å². The van der Waals surface area contributed by atoms with Crippen LogP contribution in [0.5, 0.6) is 5.75 Å². The predicted octanol–water partition coefficient (Wildman–Crippen LogP) is 7.38. The molecule has 5 nitrogen and oxygen atoms in total. The average molecular weight is 497 g/mol. The second kappa shape index (κ2) is 9.13. The number of hydrazone groups is 1. The van der Waals surface area contributed by atoms with E-state index in [-0.39, 0.29) is 6.04 Å². The van der Waals surface area contributed by atoms with Crippen molar-refractivity contribution >= 4 is 45.5 Å². The molecule has 3 heterocycles. The number of thiophene rings is 1. The highest BCUT2D eigenvalue weighted by Crippen LogP contribution is 2.40. The van der Waals surface area contributed by atoms with Gasteiger partial charge in [-0.15, -0.1) is 11.3 Å². The summed E-state index contributed by atoms with van der Waals surface area (Å²) in [5, 5.41) is 10.7. The Kier molecular flexibility index (Phi) is 5.68. The minimum atomic E-state index is -0.0108. The Morgan fingerprint density at radius 1 is 0.943 bits per heavy atom. The molecule has 0 aliphatic carbocycles.